The Kier molecular flexibility index (Phi) is 4.70. The van der Waals surface area contributed by atoms with Crippen molar-refractivity contribution in [3.8, 4) is 5.75 Å². The highest BCUT2D eigenvalue weighted by atomic mass is 16.5. The topological polar surface area (TPSA) is 69.0 Å². The summed E-state index contributed by atoms with van der Waals surface area (Å²) in [6.45, 7) is 8.05. The number of fused-ring (bicyclic) bond motifs is 1. The van der Waals surface area contributed by atoms with Gasteiger partial charge < -0.3 is 10.1 Å². The van der Waals surface area contributed by atoms with Crippen LogP contribution in [-0.2, 0) is 4.79 Å². The molecule has 0 aliphatic carbocycles. The Morgan fingerprint density at radius 1 is 1.28 bits per heavy atom. The lowest BCUT2D eigenvalue weighted by atomic mass is 10.1. The number of amides is 1. The third-order valence-electron chi connectivity index (χ3n) is 4.12. The minimum absolute atomic E-state index is 0.0480. The fourth-order valence-corrected chi connectivity index (χ4v) is 2.61. The fraction of sp³-hybridized carbons (Fsp3) is 0.316. The summed E-state index contributed by atoms with van der Waals surface area (Å²) >= 11 is 0. The van der Waals surface area contributed by atoms with Gasteiger partial charge in [0.1, 0.15) is 5.75 Å². The van der Waals surface area contributed by atoms with Gasteiger partial charge in [-0.25, -0.2) is 9.67 Å². The number of aromatic nitrogens is 3. The molecule has 0 aliphatic heterocycles. The molecule has 1 N–H and O–H groups in total. The zero-order valence-electron chi connectivity index (χ0n) is 14.9. The van der Waals surface area contributed by atoms with E-state index < -0.39 is 0 Å². The maximum absolute atomic E-state index is 12.1. The van der Waals surface area contributed by atoms with E-state index in [-0.39, 0.29) is 18.6 Å². The smallest absolute Gasteiger partial charge is 0.262 e. The summed E-state index contributed by atoms with van der Waals surface area (Å²) in [6.07, 6.45) is 3.39. The van der Waals surface area contributed by atoms with Crippen LogP contribution >= 0.6 is 0 Å². The Morgan fingerprint density at radius 2 is 2.08 bits per heavy atom. The molecule has 2 heterocycles. The molecule has 0 unspecified atom stereocenters. The summed E-state index contributed by atoms with van der Waals surface area (Å²) in [5, 5.41) is 8.03. The molecule has 6 nitrogen and oxygen atoms in total. The van der Waals surface area contributed by atoms with Gasteiger partial charge >= 0.3 is 0 Å². The molecular formula is C19H22N4O2. The van der Waals surface area contributed by atoms with Gasteiger partial charge in [0, 0.05) is 11.4 Å². The average molecular weight is 338 g/mol. The van der Waals surface area contributed by atoms with E-state index in [0.717, 1.165) is 27.9 Å². The van der Waals surface area contributed by atoms with Crippen molar-refractivity contribution in [2.24, 2.45) is 0 Å². The number of anilines is 1. The van der Waals surface area contributed by atoms with Gasteiger partial charge in [-0.15, -0.1) is 0 Å². The van der Waals surface area contributed by atoms with Crippen molar-refractivity contribution in [2.45, 2.75) is 33.7 Å². The molecule has 3 aromatic rings. The SMILES string of the molecule is Cc1cccc(OCC(=O)Nc2cnc3c(cnn3C(C)C)c2)c1C. The molecule has 0 atom stereocenters. The van der Waals surface area contributed by atoms with Crippen LogP contribution in [0.25, 0.3) is 11.0 Å². The minimum atomic E-state index is -0.224. The van der Waals surface area contributed by atoms with Crippen LogP contribution in [0.5, 0.6) is 5.75 Å². The number of aryl methyl sites for hydroxylation is 1. The van der Waals surface area contributed by atoms with Crippen LogP contribution in [0.2, 0.25) is 0 Å². The van der Waals surface area contributed by atoms with E-state index in [1.54, 1.807) is 12.4 Å². The van der Waals surface area contributed by atoms with Crippen LogP contribution in [0.4, 0.5) is 5.69 Å². The lowest BCUT2D eigenvalue weighted by Crippen LogP contribution is -2.20. The van der Waals surface area contributed by atoms with Gasteiger partial charge in [-0.3, -0.25) is 4.79 Å². The molecule has 130 valence electrons. The first-order valence-electron chi connectivity index (χ1n) is 8.28. The fourth-order valence-electron chi connectivity index (χ4n) is 2.61. The van der Waals surface area contributed by atoms with E-state index in [1.165, 1.54) is 0 Å². The highest BCUT2D eigenvalue weighted by Gasteiger charge is 2.10. The summed E-state index contributed by atoms with van der Waals surface area (Å²) in [5.74, 6) is 0.500. The summed E-state index contributed by atoms with van der Waals surface area (Å²) in [7, 11) is 0. The maximum atomic E-state index is 12.1. The third kappa shape index (κ3) is 3.63. The van der Waals surface area contributed by atoms with E-state index in [9.17, 15) is 4.79 Å². The van der Waals surface area contributed by atoms with E-state index in [4.69, 9.17) is 4.74 Å². The lowest BCUT2D eigenvalue weighted by molar-refractivity contribution is -0.118. The quantitative estimate of drug-likeness (QED) is 0.771. The summed E-state index contributed by atoms with van der Waals surface area (Å²) < 4.78 is 7.48. The lowest BCUT2D eigenvalue weighted by Gasteiger charge is -2.11. The number of rotatable bonds is 5. The second-order valence-corrected chi connectivity index (χ2v) is 6.35. The number of hydrogen-bond acceptors (Lipinski definition) is 4. The van der Waals surface area contributed by atoms with Gasteiger partial charge in [-0.2, -0.15) is 5.10 Å². The summed E-state index contributed by atoms with van der Waals surface area (Å²) in [6, 6.07) is 7.89. The minimum Gasteiger partial charge on any atom is -0.483 e. The Hall–Kier alpha value is -2.89. The third-order valence-corrected chi connectivity index (χ3v) is 4.12. The molecule has 0 aliphatic rings. The van der Waals surface area contributed by atoms with Crippen molar-refractivity contribution in [1.82, 2.24) is 14.8 Å². The number of carbonyl (C=O) groups excluding carboxylic acids is 1. The summed E-state index contributed by atoms with van der Waals surface area (Å²) in [5.41, 5.74) is 3.61. The molecule has 2 aromatic heterocycles. The van der Waals surface area contributed by atoms with E-state index in [2.05, 4.69) is 29.2 Å². The van der Waals surface area contributed by atoms with Crippen LogP contribution in [0, 0.1) is 13.8 Å². The Balaban J connectivity index is 1.66. The molecule has 6 heteroatoms. The van der Waals surface area contributed by atoms with Crippen molar-refractivity contribution in [3.63, 3.8) is 0 Å². The average Bonchev–Trinajstić information content (AvgIpc) is 2.99. The number of pyridine rings is 1. The molecule has 1 aromatic carbocycles. The van der Waals surface area contributed by atoms with Crippen molar-refractivity contribution in [2.75, 3.05) is 11.9 Å². The molecule has 0 bridgehead atoms. The van der Waals surface area contributed by atoms with Crippen molar-refractivity contribution >= 4 is 22.6 Å². The highest BCUT2D eigenvalue weighted by molar-refractivity contribution is 5.93. The molecular weight excluding hydrogens is 316 g/mol. The van der Waals surface area contributed by atoms with Crippen LogP contribution in [0.15, 0.2) is 36.7 Å². The van der Waals surface area contributed by atoms with Crippen molar-refractivity contribution in [1.29, 1.82) is 0 Å². The predicted octanol–water partition coefficient (Wildman–Crippen LogP) is 3.65. The van der Waals surface area contributed by atoms with E-state index >= 15 is 0 Å². The van der Waals surface area contributed by atoms with Crippen molar-refractivity contribution in [3.05, 3.63) is 47.8 Å². The highest BCUT2D eigenvalue weighted by Crippen LogP contribution is 2.21. The van der Waals surface area contributed by atoms with Gasteiger partial charge in [-0.1, -0.05) is 12.1 Å². The second kappa shape index (κ2) is 6.93. The normalized spacial score (nSPS) is 11.1. The van der Waals surface area contributed by atoms with E-state index in [0.29, 0.717) is 5.69 Å². The van der Waals surface area contributed by atoms with Crippen molar-refractivity contribution < 1.29 is 9.53 Å². The van der Waals surface area contributed by atoms with Gasteiger partial charge in [0.15, 0.2) is 12.3 Å². The molecule has 0 radical (unpaired) electrons. The number of nitrogens with one attached hydrogen (secondary N) is 1. The molecule has 3 rings (SSSR count). The Morgan fingerprint density at radius 3 is 2.84 bits per heavy atom. The summed E-state index contributed by atoms with van der Waals surface area (Å²) in [4.78, 5) is 16.6. The maximum Gasteiger partial charge on any atom is 0.262 e. The van der Waals surface area contributed by atoms with Crippen LogP contribution < -0.4 is 10.1 Å². The van der Waals surface area contributed by atoms with Gasteiger partial charge in [0.2, 0.25) is 0 Å². The van der Waals surface area contributed by atoms with Crippen LogP contribution in [-0.4, -0.2) is 27.3 Å². The number of carbonyl (C=O) groups is 1. The number of nitrogens with zero attached hydrogens (tertiary/aromatic N) is 3. The zero-order chi connectivity index (χ0) is 18.0. The first-order valence-corrected chi connectivity index (χ1v) is 8.28. The van der Waals surface area contributed by atoms with Crippen LogP contribution in [0.3, 0.4) is 0 Å². The molecule has 1 amide bonds. The van der Waals surface area contributed by atoms with Crippen LogP contribution in [0.1, 0.15) is 31.0 Å². The molecule has 25 heavy (non-hydrogen) atoms. The Labute approximate surface area is 146 Å². The van der Waals surface area contributed by atoms with Gasteiger partial charge in [-0.05, 0) is 51.0 Å². The predicted molar refractivity (Wildman–Crippen MR) is 98.0 cm³/mol. The largest absolute Gasteiger partial charge is 0.483 e. The monoisotopic (exact) mass is 338 g/mol. The number of hydrogen-bond donors (Lipinski definition) is 1. The van der Waals surface area contributed by atoms with E-state index in [1.807, 2.05) is 42.8 Å². The van der Waals surface area contributed by atoms with Gasteiger partial charge in [0.25, 0.3) is 5.91 Å². The standard InChI is InChI=1S/C19H22N4O2/c1-12(2)23-19-15(9-21-23)8-16(10-20-19)22-18(24)11-25-17-7-5-6-13(3)14(17)4/h5-10,12H,11H2,1-4H3,(H,22,24). The molecule has 0 spiro atoms. The first kappa shape index (κ1) is 17.0. The number of benzene rings is 1. The molecule has 0 fully saturated rings. The number of ether oxygens (including phenoxy) is 1. The zero-order valence-corrected chi connectivity index (χ0v) is 14.9. The molecule has 0 saturated carbocycles. The second-order valence-electron chi connectivity index (χ2n) is 6.35. The Bertz CT molecular complexity index is 915. The molecule has 0 saturated heterocycles. The van der Waals surface area contributed by atoms with Gasteiger partial charge in [0.05, 0.1) is 18.1 Å². The first-order chi connectivity index (χ1) is 12.0.